The molecule has 1 aliphatic carbocycles. The summed E-state index contributed by atoms with van der Waals surface area (Å²) in [5.74, 6) is -0.545. The van der Waals surface area contributed by atoms with Crippen LogP contribution in [0.25, 0.3) is 10.9 Å². The van der Waals surface area contributed by atoms with E-state index in [0.717, 1.165) is 50.8 Å². The van der Waals surface area contributed by atoms with Gasteiger partial charge in [0.2, 0.25) is 10.0 Å². The predicted molar refractivity (Wildman–Crippen MR) is 124 cm³/mol. The SMILES string of the molecule is CCN([C@@H]1CCN([C@@H]2CCC[C@@H](NC(=O)c3cc4c(F)ccc(C)c4[nH]3)C2)C1)S(C)(=O)=O. The highest BCUT2D eigenvalue weighted by molar-refractivity contribution is 7.88. The Kier molecular flexibility index (Phi) is 6.61. The third-order valence-corrected chi connectivity index (χ3v) is 8.44. The summed E-state index contributed by atoms with van der Waals surface area (Å²) in [4.78, 5) is 18.3. The number of rotatable bonds is 6. The van der Waals surface area contributed by atoms with Gasteiger partial charge in [-0.05, 0) is 56.7 Å². The number of aryl methyl sites for hydroxylation is 1. The smallest absolute Gasteiger partial charge is 0.267 e. The first-order valence-corrected chi connectivity index (χ1v) is 13.3. The van der Waals surface area contributed by atoms with E-state index in [9.17, 15) is 17.6 Å². The van der Waals surface area contributed by atoms with Crippen molar-refractivity contribution in [1.29, 1.82) is 0 Å². The van der Waals surface area contributed by atoms with Crippen molar-refractivity contribution in [1.82, 2.24) is 19.5 Å². The molecule has 1 aliphatic heterocycles. The fourth-order valence-electron chi connectivity index (χ4n) is 5.44. The number of carbonyl (C=O) groups is 1. The number of aromatic nitrogens is 1. The normalized spacial score (nSPS) is 25.0. The second-order valence-electron chi connectivity index (χ2n) is 9.23. The number of benzene rings is 1. The van der Waals surface area contributed by atoms with Crippen molar-refractivity contribution in [2.45, 2.75) is 64.1 Å². The summed E-state index contributed by atoms with van der Waals surface area (Å²) in [6.45, 7) is 5.88. The minimum atomic E-state index is -3.21. The number of hydrogen-bond donors (Lipinski definition) is 2. The van der Waals surface area contributed by atoms with Crippen LogP contribution in [-0.4, -0.2) is 72.5 Å². The highest BCUT2D eigenvalue weighted by Crippen LogP contribution is 2.29. The molecule has 0 bridgehead atoms. The molecule has 1 saturated heterocycles. The fraction of sp³-hybridized carbons (Fsp3) is 0.609. The van der Waals surface area contributed by atoms with Crippen LogP contribution in [0.1, 0.15) is 55.1 Å². The van der Waals surface area contributed by atoms with E-state index in [4.69, 9.17) is 0 Å². The highest BCUT2D eigenvalue weighted by atomic mass is 32.2. The van der Waals surface area contributed by atoms with Gasteiger partial charge in [0, 0.05) is 43.1 Å². The van der Waals surface area contributed by atoms with E-state index in [1.165, 1.54) is 12.3 Å². The number of nitrogens with zero attached hydrogens (tertiary/aromatic N) is 2. The van der Waals surface area contributed by atoms with Gasteiger partial charge >= 0.3 is 0 Å². The molecular weight excluding hydrogens is 431 g/mol. The molecule has 2 N–H and O–H groups in total. The van der Waals surface area contributed by atoms with Gasteiger partial charge in [0.25, 0.3) is 5.91 Å². The third-order valence-electron chi connectivity index (χ3n) is 7.03. The Bertz CT molecular complexity index is 1060. The van der Waals surface area contributed by atoms with Crippen LogP contribution >= 0.6 is 0 Å². The number of halogens is 1. The van der Waals surface area contributed by atoms with Crippen molar-refractivity contribution < 1.29 is 17.6 Å². The Balaban J connectivity index is 1.39. The number of aromatic amines is 1. The molecule has 2 fully saturated rings. The summed E-state index contributed by atoms with van der Waals surface area (Å²) >= 11 is 0. The molecule has 3 atom stereocenters. The van der Waals surface area contributed by atoms with E-state index in [-0.39, 0.29) is 23.8 Å². The molecular formula is C23H33FN4O3S. The van der Waals surface area contributed by atoms with Gasteiger partial charge in [0.05, 0.1) is 11.8 Å². The van der Waals surface area contributed by atoms with Crippen molar-refractivity contribution >= 4 is 26.8 Å². The Labute approximate surface area is 189 Å². The van der Waals surface area contributed by atoms with Crippen LogP contribution in [0.3, 0.4) is 0 Å². The van der Waals surface area contributed by atoms with Crippen LogP contribution in [0.4, 0.5) is 4.39 Å². The Morgan fingerprint density at radius 2 is 2.09 bits per heavy atom. The summed E-state index contributed by atoms with van der Waals surface area (Å²) < 4.78 is 39.9. The number of hydrogen-bond acceptors (Lipinski definition) is 4. The number of sulfonamides is 1. The maximum absolute atomic E-state index is 14.1. The molecule has 32 heavy (non-hydrogen) atoms. The Hall–Kier alpha value is -1.97. The minimum Gasteiger partial charge on any atom is -0.350 e. The van der Waals surface area contributed by atoms with Gasteiger partial charge in [-0.15, -0.1) is 0 Å². The zero-order chi connectivity index (χ0) is 23.0. The number of likely N-dealkylation sites (tertiary alicyclic amines) is 1. The van der Waals surface area contributed by atoms with Crippen molar-refractivity contribution in [2.75, 3.05) is 25.9 Å². The Morgan fingerprint density at radius 3 is 2.78 bits per heavy atom. The van der Waals surface area contributed by atoms with Gasteiger partial charge in [-0.3, -0.25) is 9.69 Å². The lowest BCUT2D eigenvalue weighted by Gasteiger charge is -2.36. The topological polar surface area (TPSA) is 85.5 Å². The lowest BCUT2D eigenvalue weighted by Crippen LogP contribution is -2.47. The van der Waals surface area contributed by atoms with Crippen molar-refractivity contribution in [3.05, 3.63) is 35.3 Å². The van der Waals surface area contributed by atoms with Crippen molar-refractivity contribution in [3.8, 4) is 0 Å². The zero-order valence-electron chi connectivity index (χ0n) is 19.0. The van der Waals surface area contributed by atoms with E-state index in [2.05, 4.69) is 15.2 Å². The molecule has 0 spiro atoms. The predicted octanol–water partition coefficient (Wildman–Crippen LogP) is 3.01. The second-order valence-corrected chi connectivity index (χ2v) is 11.2. The number of amides is 1. The first kappa shape index (κ1) is 23.2. The van der Waals surface area contributed by atoms with Crippen LogP contribution in [0.5, 0.6) is 0 Å². The van der Waals surface area contributed by atoms with E-state index >= 15 is 0 Å². The van der Waals surface area contributed by atoms with Gasteiger partial charge in [0.1, 0.15) is 11.5 Å². The molecule has 0 unspecified atom stereocenters. The van der Waals surface area contributed by atoms with Gasteiger partial charge in [-0.1, -0.05) is 13.0 Å². The molecule has 2 aliphatic rings. The molecule has 0 radical (unpaired) electrons. The van der Waals surface area contributed by atoms with Crippen molar-refractivity contribution in [2.24, 2.45) is 0 Å². The maximum atomic E-state index is 14.1. The average molecular weight is 465 g/mol. The molecule has 2 aromatic rings. The highest BCUT2D eigenvalue weighted by Gasteiger charge is 2.36. The molecule has 1 aromatic heterocycles. The summed E-state index contributed by atoms with van der Waals surface area (Å²) in [6, 6.07) is 5.12. The molecule has 2 heterocycles. The number of carbonyl (C=O) groups excluding carboxylic acids is 1. The number of fused-ring (bicyclic) bond motifs is 1. The number of H-pyrrole nitrogens is 1. The Morgan fingerprint density at radius 1 is 1.31 bits per heavy atom. The molecule has 1 amide bonds. The van der Waals surface area contributed by atoms with Crippen molar-refractivity contribution in [3.63, 3.8) is 0 Å². The summed E-state index contributed by atoms with van der Waals surface area (Å²) in [6.07, 6.45) is 5.95. The molecule has 9 heteroatoms. The largest absolute Gasteiger partial charge is 0.350 e. The quantitative estimate of drug-likeness (QED) is 0.688. The van der Waals surface area contributed by atoms with Crippen LogP contribution in [0.2, 0.25) is 0 Å². The molecule has 7 nitrogen and oxygen atoms in total. The maximum Gasteiger partial charge on any atom is 0.267 e. The van der Waals surface area contributed by atoms with Gasteiger partial charge in [-0.25, -0.2) is 12.8 Å². The number of nitrogens with one attached hydrogen (secondary N) is 2. The molecule has 1 saturated carbocycles. The summed E-state index contributed by atoms with van der Waals surface area (Å²) in [7, 11) is -3.21. The van der Waals surface area contributed by atoms with Crippen LogP contribution in [0.15, 0.2) is 18.2 Å². The minimum absolute atomic E-state index is 0.0226. The average Bonchev–Trinajstić information content (AvgIpc) is 3.39. The molecule has 176 valence electrons. The standard InChI is InChI=1S/C23H33FN4O3S/c1-4-28(32(3,30)31)18-10-11-27(14-18)17-7-5-6-16(12-17)25-23(29)21-13-19-20(24)9-8-15(2)22(19)26-21/h8-9,13,16-18,26H,4-7,10-12,14H2,1-3H3,(H,25,29)/t16-,17-,18-/m1/s1. The third kappa shape index (κ3) is 4.70. The van der Waals surface area contributed by atoms with Crippen LogP contribution < -0.4 is 5.32 Å². The van der Waals surface area contributed by atoms with Gasteiger partial charge in [-0.2, -0.15) is 4.31 Å². The zero-order valence-corrected chi connectivity index (χ0v) is 19.8. The molecule has 1 aromatic carbocycles. The fourth-order valence-corrected chi connectivity index (χ4v) is 6.62. The lowest BCUT2D eigenvalue weighted by molar-refractivity contribution is 0.0897. The number of likely N-dealkylation sites (N-methyl/N-ethyl adjacent to an activating group) is 1. The van der Waals surface area contributed by atoms with Crippen LogP contribution in [0, 0.1) is 12.7 Å². The van der Waals surface area contributed by atoms with Crippen LogP contribution in [-0.2, 0) is 10.0 Å². The van der Waals surface area contributed by atoms with E-state index in [1.807, 2.05) is 13.8 Å². The summed E-state index contributed by atoms with van der Waals surface area (Å²) in [5.41, 5.74) is 1.94. The van der Waals surface area contributed by atoms with E-state index < -0.39 is 10.0 Å². The van der Waals surface area contributed by atoms with E-state index in [0.29, 0.717) is 29.2 Å². The first-order chi connectivity index (χ1) is 15.2. The van der Waals surface area contributed by atoms with Gasteiger partial charge in [0.15, 0.2) is 0 Å². The van der Waals surface area contributed by atoms with Gasteiger partial charge < -0.3 is 10.3 Å². The summed E-state index contributed by atoms with van der Waals surface area (Å²) in [5, 5.41) is 3.57. The van der Waals surface area contributed by atoms with E-state index in [1.54, 1.807) is 16.4 Å². The monoisotopic (exact) mass is 464 g/mol. The lowest BCUT2D eigenvalue weighted by atomic mass is 9.90. The first-order valence-electron chi connectivity index (χ1n) is 11.5. The second kappa shape index (κ2) is 9.11. The molecule has 4 rings (SSSR count).